The highest BCUT2D eigenvalue weighted by molar-refractivity contribution is 6.30. The Bertz CT molecular complexity index is 489. The topological polar surface area (TPSA) is 56.7 Å². The van der Waals surface area contributed by atoms with E-state index in [-0.39, 0.29) is 0 Å². The molecule has 2 heterocycles. The maximum atomic E-state index is 5.95. The maximum Gasteiger partial charge on any atom is 0.159 e. The van der Waals surface area contributed by atoms with Gasteiger partial charge in [-0.25, -0.2) is 4.98 Å². The molecule has 0 radical (unpaired) electrons. The number of pyridine rings is 1. The zero-order chi connectivity index (χ0) is 10.3. The Morgan fingerprint density at radius 1 is 1.57 bits per heavy atom. The molecule has 0 spiro atoms. The van der Waals surface area contributed by atoms with Crippen molar-refractivity contribution in [2.24, 2.45) is 12.8 Å². The number of hydrogen-bond donors (Lipinski definition) is 1. The SMILES string of the molecule is Cc1nn(C)c2nc(Cl)c(CN)cc12. The second kappa shape index (κ2) is 3.22. The van der Waals surface area contributed by atoms with Crippen molar-refractivity contribution in [1.82, 2.24) is 14.8 Å². The Kier molecular flexibility index (Phi) is 2.17. The number of halogens is 1. The summed E-state index contributed by atoms with van der Waals surface area (Å²) in [5, 5.41) is 5.73. The van der Waals surface area contributed by atoms with E-state index in [1.54, 1.807) is 4.68 Å². The molecule has 0 fully saturated rings. The summed E-state index contributed by atoms with van der Waals surface area (Å²) >= 11 is 5.95. The summed E-state index contributed by atoms with van der Waals surface area (Å²) in [5.41, 5.74) is 8.15. The van der Waals surface area contributed by atoms with Gasteiger partial charge in [-0.3, -0.25) is 4.68 Å². The summed E-state index contributed by atoms with van der Waals surface area (Å²) in [6.45, 7) is 2.34. The van der Waals surface area contributed by atoms with Crippen LogP contribution in [0.2, 0.25) is 5.15 Å². The molecule has 4 nitrogen and oxygen atoms in total. The van der Waals surface area contributed by atoms with E-state index >= 15 is 0 Å². The molecule has 0 unspecified atom stereocenters. The van der Waals surface area contributed by atoms with Crippen molar-refractivity contribution in [1.29, 1.82) is 0 Å². The van der Waals surface area contributed by atoms with Crippen LogP contribution in [0.1, 0.15) is 11.3 Å². The van der Waals surface area contributed by atoms with Crippen LogP contribution >= 0.6 is 11.6 Å². The van der Waals surface area contributed by atoms with Crippen LogP contribution in [0.4, 0.5) is 0 Å². The normalized spacial score (nSPS) is 11.1. The van der Waals surface area contributed by atoms with Gasteiger partial charge in [-0.1, -0.05) is 11.6 Å². The zero-order valence-electron chi connectivity index (χ0n) is 8.08. The van der Waals surface area contributed by atoms with E-state index in [0.29, 0.717) is 11.7 Å². The van der Waals surface area contributed by atoms with Crippen LogP contribution < -0.4 is 5.73 Å². The van der Waals surface area contributed by atoms with Gasteiger partial charge in [0.25, 0.3) is 0 Å². The third-order valence-corrected chi connectivity index (χ3v) is 2.57. The molecule has 0 aliphatic rings. The summed E-state index contributed by atoms with van der Waals surface area (Å²) in [4.78, 5) is 4.25. The second-order valence-corrected chi connectivity index (χ2v) is 3.58. The number of aryl methyl sites for hydroxylation is 2. The lowest BCUT2D eigenvalue weighted by molar-refractivity contribution is 0.773. The Morgan fingerprint density at radius 2 is 2.29 bits per heavy atom. The first kappa shape index (κ1) is 9.43. The predicted molar refractivity (Wildman–Crippen MR) is 56.1 cm³/mol. The summed E-state index contributed by atoms with van der Waals surface area (Å²) in [6.07, 6.45) is 0. The summed E-state index contributed by atoms with van der Waals surface area (Å²) in [5.74, 6) is 0. The van der Waals surface area contributed by atoms with Crippen LogP contribution in [0.25, 0.3) is 11.0 Å². The van der Waals surface area contributed by atoms with Crippen LogP contribution in [0.3, 0.4) is 0 Å². The monoisotopic (exact) mass is 210 g/mol. The number of hydrogen-bond acceptors (Lipinski definition) is 3. The van der Waals surface area contributed by atoms with E-state index in [4.69, 9.17) is 17.3 Å². The Hall–Kier alpha value is -1.13. The first-order valence-electron chi connectivity index (χ1n) is 4.32. The molecule has 0 aliphatic carbocycles. The van der Waals surface area contributed by atoms with Gasteiger partial charge in [0, 0.05) is 24.5 Å². The van der Waals surface area contributed by atoms with E-state index < -0.39 is 0 Å². The van der Waals surface area contributed by atoms with Crippen molar-refractivity contribution in [3.05, 3.63) is 22.5 Å². The maximum absolute atomic E-state index is 5.95. The highest BCUT2D eigenvalue weighted by Crippen LogP contribution is 2.21. The van der Waals surface area contributed by atoms with Gasteiger partial charge in [0.05, 0.1) is 5.69 Å². The van der Waals surface area contributed by atoms with Gasteiger partial charge in [0.1, 0.15) is 5.15 Å². The zero-order valence-corrected chi connectivity index (χ0v) is 8.84. The molecule has 2 N–H and O–H groups in total. The van der Waals surface area contributed by atoms with Gasteiger partial charge in [0.2, 0.25) is 0 Å². The first-order chi connectivity index (χ1) is 6.63. The highest BCUT2D eigenvalue weighted by Gasteiger charge is 2.09. The minimum absolute atomic E-state index is 0.399. The molecule has 14 heavy (non-hydrogen) atoms. The average molecular weight is 211 g/mol. The molecule has 0 saturated heterocycles. The number of aromatic nitrogens is 3. The van der Waals surface area contributed by atoms with E-state index in [1.165, 1.54) is 0 Å². The quantitative estimate of drug-likeness (QED) is 0.724. The lowest BCUT2D eigenvalue weighted by atomic mass is 10.2. The summed E-state index contributed by atoms with van der Waals surface area (Å²) in [6, 6.07) is 1.95. The fraction of sp³-hybridized carbons (Fsp3) is 0.333. The van der Waals surface area contributed by atoms with Crippen molar-refractivity contribution in [2.45, 2.75) is 13.5 Å². The van der Waals surface area contributed by atoms with Crippen LogP contribution in [-0.4, -0.2) is 14.8 Å². The molecule has 0 bridgehead atoms. The van der Waals surface area contributed by atoms with Crippen molar-refractivity contribution < 1.29 is 0 Å². The first-order valence-corrected chi connectivity index (χ1v) is 4.70. The molecule has 74 valence electrons. The lowest BCUT2D eigenvalue weighted by Gasteiger charge is -2.00. The molecule has 5 heteroatoms. The van der Waals surface area contributed by atoms with Crippen LogP contribution in [-0.2, 0) is 13.6 Å². The van der Waals surface area contributed by atoms with Gasteiger partial charge in [0.15, 0.2) is 5.65 Å². The van der Waals surface area contributed by atoms with Crippen LogP contribution in [0, 0.1) is 6.92 Å². The van der Waals surface area contributed by atoms with Crippen molar-refractivity contribution in [3.63, 3.8) is 0 Å². The molecule has 0 aliphatic heterocycles. The molecular formula is C9H11ClN4. The molecule has 2 aromatic heterocycles. The molecule has 0 atom stereocenters. The van der Waals surface area contributed by atoms with Gasteiger partial charge >= 0.3 is 0 Å². The molecule has 0 amide bonds. The van der Waals surface area contributed by atoms with E-state index in [1.807, 2.05) is 20.0 Å². The van der Waals surface area contributed by atoms with Gasteiger partial charge in [-0.15, -0.1) is 0 Å². The molecule has 0 saturated carbocycles. The van der Waals surface area contributed by atoms with E-state index in [2.05, 4.69) is 10.1 Å². The molecule has 0 aromatic carbocycles. The van der Waals surface area contributed by atoms with E-state index in [9.17, 15) is 0 Å². The fourth-order valence-corrected chi connectivity index (χ4v) is 1.72. The molecule has 2 aromatic rings. The van der Waals surface area contributed by atoms with Crippen LogP contribution in [0.15, 0.2) is 6.07 Å². The number of nitrogens with two attached hydrogens (primary N) is 1. The van der Waals surface area contributed by atoms with Crippen molar-refractivity contribution in [3.8, 4) is 0 Å². The van der Waals surface area contributed by atoms with Crippen molar-refractivity contribution >= 4 is 22.6 Å². The Balaban J connectivity index is 2.82. The molecule has 2 rings (SSSR count). The minimum Gasteiger partial charge on any atom is -0.326 e. The van der Waals surface area contributed by atoms with E-state index in [0.717, 1.165) is 22.3 Å². The largest absolute Gasteiger partial charge is 0.326 e. The van der Waals surface area contributed by atoms with Gasteiger partial charge < -0.3 is 5.73 Å². The third-order valence-electron chi connectivity index (χ3n) is 2.24. The summed E-state index contributed by atoms with van der Waals surface area (Å²) < 4.78 is 1.72. The Morgan fingerprint density at radius 3 is 2.93 bits per heavy atom. The number of rotatable bonds is 1. The van der Waals surface area contributed by atoms with Crippen LogP contribution in [0.5, 0.6) is 0 Å². The minimum atomic E-state index is 0.399. The highest BCUT2D eigenvalue weighted by atomic mass is 35.5. The average Bonchev–Trinajstić information content (AvgIpc) is 2.41. The van der Waals surface area contributed by atoms with Gasteiger partial charge in [-0.05, 0) is 13.0 Å². The Labute approximate surface area is 86.7 Å². The number of fused-ring (bicyclic) bond motifs is 1. The molecular weight excluding hydrogens is 200 g/mol. The standard InChI is InChI=1S/C9H11ClN4/c1-5-7-3-6(4-11)8(10)12-9(7)14(2)13-5/h3H,4,11H2,1-2H3. The van der Waals surface area contributed by atoms with Crippen molar-refractivity contribution in [2.75, 3.05) is 0 Å². The number of nitrogens with zero attached hydrogens (tertiary/aromatic N) is 3. The fourth-order valence-electron chi connectivity index (χ4n) is 1.51. The summed E-state index contributed by atoms with van der Waals surface area (Å²) in [7, 11) is 1.85. The third kappa shape index (κ3) is 1.27. The second-order valence-electron chi connectivity index (χ2n) is 3.22. The lowest BCUT2D eigenvalue weighted by Crippen LogP contribution is -1.99. The predicted octanol–water partition coefficient (Wildman–Crippen LogP) is 1.39. The smallest absolute Gasteiger partial charge is 0.159 e. The van der Waals surface area contributed by atoms with Gasteiger partial charge in [-0.2, -0.15) is 5.10 Å².